The van der Waals surface area contributed by atoms with Crippen molar-refractivity contribution >= 4 is 11.9 Å². The fourth-order valence-electron chi connectivity index (χ4n) is 4.87. The lowest BCUT2D eigenvalue weighted by Gasteiger charge is -2.40. The molecule has 2 saturated heterocycles. The number of methoxy groups -OCH3 is 1. The Morgan fingerprint density at radius 2 is 2.12 bits per heavy atom. The van der Waals surface area contributed by atoms with Gasteiger partial charge in [0.1, 0.15) is 11.4 Å². The van der Waals surface area contributed by atoms with Crippen molar-refractivity contribution in [3.05, 3.63) is 36.2 Å². The van der Waals surface area contributed by atoms with E-state index in [1.54, 1.807) is 18.0 Å². The summed E-state index contributed by atoms with van der Waals surface area (Å²) in [6.07, 6.45) is 6.46. The number of nitrogens with one attached hydrogen (secondary N) is 1. The molecule has 0 bridgehead atoms. The van der Waals surface area contributed by atoms with Gasteiger partial charge in [-0.15, -0.1) is 5.10 Å². The highest BCUT2D eigenvalue weighted by Gasteiger charge is 2.40. The number of hydrogen-bond donors (Lipinski definition) is 1. The molecule has 3 amide bonds. The van der Waals surface area contributed by atoms with Crippen LogP contribution in [-0.4, -0.2) is 82.2 Å². The van der Waals surface area contributed by atoms with Gasteiger partial charge < -0.3 is 24.6 Å². The van der Waals surface area contributed by atoms with Gasteiger partial charge >= 0.3 is 6.03 Å². The number of carbonyl (C=O) groups is 2. The lowest BCUT2D eigenvalue weighted by atomic mass is 10.0. The van der Waals surface area contributed by atoms with Crippen LogP contribution < -0.4 is 10.1 Å². The molecule has 5 rings (SSSR count). The Morgan fingerprint density at radius 1 is 1.24 bits per heavy atom. The summed E-state index contributed by atoms with van der Waals surface area (Å²) in [6.45, 7) is 2.83. The molecule has 3 heterocycles. The van der Waals surface area contributed by atoms with Crippen LogP contribution in [0.2, 0.25) is 0 Å². The molecule has 1 aromatic carbocycles. The summed E-state index contributed by atoms with van der Waals surface area (Å²) in [4.78, 5) is 30.0. The molecule has 2 aliphatic heterocycles. The highest BCUT2D eigenvalue weighted by molar-refractivity contribution is 5.80. The largest absolute Gasteiger partial charge is 0.497 e. The molecule has 0 spiro atoms. The third-order valence-electron chi connectivity index (χ3n) is 6.83. The van der Waals surface area contributed by atoms with Crippen LogP contribution in [0.1, 0.15) is 37.8 Å². The Morgan fingerprint density at radius 3 is 2.88 bits per heavy atom. The maximum absolute atomic E-state index is 13.2. The van der Waals surface area contributed by atoms with Crippen molar-refractivity contribution in [2.45, 2.75) is 50.7 Å². The van der Waals surface area contributed by atoms with Crippen LogP contribution in [0.4, 0.5) is 4.79 Å². The molecule has 1 saturated carbocycles. The minimum atomic E-state index is -0.0954. The molecule has 3 fully saturated rings. The predicted molar refractivity (Wildman–Crippen MR) is 124 cm³/mol. The molecule has 3 aliphatic rings. The van der Waals surface area contributed by atoms with Crippen molar-refractivity contribution in [1.82, 2.24) is 30.1 Å². The van der Waals surface area contributed by atoms with E-state index in [9.17, 15) is 9.59 Å². The molecule has 2 atom stereocenters. The second-order valence-electron chi connectivity index (χ2n) is 9.29. The molecule has 10 nitrogen and oxygen atoms in total. The average molecular weight is 469 g/mol. The standard InChI is InChI=1S/C24H32N6O4/c1-33-22-6-2-4-20(12-22)29-14-18(26-27-29)13-25-24(32)30(19-7-8-19)21-5-3-10-28(15-21)23(31)17-9-11-34-16-17/h2,4,6,12,14,17,19,21H,3,5,7-11,13,15-16H2,1H3,(H,25,32)/t17-,21-/m1/s1. The molecule has 10 heteroatoms. The summed E-state index contributed by atoms with van der Waals surface area (Å²) in [5.74, 6) is 0.880. The smallest absolute Gasteiger partial charge is 0.318 e. The Labute approximate surface area is 199 Å². The Hall–Kier alpha value is -3.14. The molecule has 1 N–H and O–H groups in total. The Kier molecular flexibility index (Phi) is 6.66. The number of hydrogen-bond acceptors (Lipinski definition) is 6. The number of benzene rings is 1. The molecule has 0 unspecified atom stereocenters. The van der Waals surface area contributed by atoms with Crippen LogP contribution in [0.25, 0.3) is 5.69 Å². The lowest BCUT2D eigenvalue weighted by Crippen LogP contribution is -2.55. The molecule has 182 valence electrons. The van der Waals surface area contributed by atoms with E-state index in [2.05, 4.69) is 15.6 Å². The molecule has 34 heavy (non-hydrogen) atoms. The maximum Gasteiger partial charge on any atom is 0.318 e. The SMILES string of the molecule is COc1cccc(-n2cc(CNC(=O)N(C3CC3)[C@@H]3CCCN(C(=O)[C@@H]4CCOC4)C3)nn2)c1. The van der Waals surface area contributed by atoms with Gasteiger partial charge in [-0.05, 0) is 44.2 Å². The summed E-state index contributed by atoms with van der Waals surface area (Å²) in [5, 5.41) is 11.4. The second kappa shape index (κ2) is 10.0. The van der Waals surface area contributed by atoms with E-state index in [4.69, 9.17) is 9.47 Å². The molecule has 0 radical (unpaired) electrons. The first-order valence-corrected chi connectivity index (χ1v) is 12.1. The van der Waals surface area contributed by atoms with E-state index in [1.807, 2.05) is 34.1 Å². The minimum absolute atomic E-state index is 0.0332. The molecular weight excluding hydrogens is 436 g/mol. The number of amides is 3. The number of ether oxygens (including phenoxy) is 2. The fraction of sp³-hybridized carbons (Fsp3) is 0.583. The van der Waals surface area contributed by atoms with E-state index in [1.165, 1.54) is 0 Å². The number of aromatic nitrogens is 3. The number of carbonyl (C=O) groups excluding carboxylic acids is 2. The normalized spacial score (nSPS) is 22.4. The first-order valence-electron chi connectivity index (χ1n) is 12.1. The van der Waals surface area contributed by atoms with Gasteiger partial charge in [0.05, 0.1) is 44.1 Å². The lowest BCUT2D eigenvalue weighted by molar-refractivity contribution is -0.137. The molecule has 1 aliphatic carbocycles. The van der Waals surface area contributed by atoms with Gasteiger partial charge in [0, 0.05) is 31.8 Å². The van der Waals surface area contributed by atoms with Crippen LogP contribution in [0.15, 0.2) is 30.5 Å². The highest BCUT2D eigenvalue weighted by Crippen LogP contribution is 2.32. The van der Waals surface area contributed by atoms with Gasteiger partial charge in [0.2, 0.25) is 5.91 Å². The number of piperidine rings is 1. The molecule has 1 aromatic heterocycles. The molecule has 2 aromatic rings. The van der Waals surface area contributed by atoms with E-state index < -0.39 is 0 Å². The summed E-state index contributed by atoms with van der Waals surface area (Å²) in [6, 6.07) is 7.75. The van der Waals surface area contributed by atoms with Gasteiger partial charge in [-0.25, -0.2) is 9.48 Å². The first-order chi connectivity index (χ1) is 16.6. The maximum atomic E-state index is 13.2. The number of nitrogens with zero attached hydrogens (tertiary/aromatic N) is 5. The predicted octanol–water partition coefficient (Wildman–Crippen LogP) is 1.98. The van der Waals surface area contributed by atoms with Gasteiger partial charge in [-0.1, -0.05) is 11.3 Å². The number of rotatable bonds is 7. The van der Waals surface area contributed by atoms with E-state index in [0.29, 0.717) is 32.0 Å². The first kappa shape index (κ1) is 22.6. The fourth-order valence-corrected chi connectivity index (χ4v) is 4.87. The van der Waals surface area contributed by atoms with E-state index >= 15 is 0 Å². The van der Waals surface area contributed by atoms with Crippen molar-refractivity contribution in [3.8, 4) is 11.4 Å². The van der Waals surface area contributed by atoms with Gasteiger partial charge in [-0.3, -0.25) is 4.79 Å². The van der Waals surface area contributed by atoms with Crippen LogP contribution in [0.5, 0.6) is 5.75 Å². The van der Waals surface area contributed by atoms with Crippen LogP contribution in [0, 0.1) is 5.92 Å². The van der Waals surface area contributed by atoms with Gasteiger partial charge in [-0.2, -0.15) is 0 Å². The number of likely N-dealkylation sites (tertiary alicyclic amines) is 1. The van der Waals surface area contributed by atoms with Crippen LogP contribution >= 0.6 is 0 Å². The van der Waals surface area contributed by atoms with Crippen molar-refractivity contribution in [1.29, 1.82) is 0 Å². The van der Waals surface area contributed by atoms with Crippen LogP contribution in [0.3, 0.4) is 0 Å². The van der Waals surface area contributed by atoms with Gasteiger partial charge in [0.15, 0.2) is 0 Å². The van der Waals surface area contributed by atoms with Crippen LogP contribution in [-0.2, 0) is 16.1 Å². The summed E-state index contributed by atoms with van der Waals surface area (Å²) in [5.41, 5.74) is 1.51. The third-order valence-corrected chi connectivity index (χ3v) is 6.83. The third kappa shape index (κ3) is 5.01. The zero-order valence-electron chi connectivity index (χ0n) is 19.6. The number of urea groups is 1. The second-order valence-corrected chi connectivity index (χ2v) is 9.29. The topological polar surface area (TPSA) is 102 Å². The van der Waals surface area contributed by atoms with Crippen molar-refractivity contribution in [2.75, 3.05) is 33.4 Å². The van der Waals surface area contributed by atoms with E-state index in [-0.39, 0.29) is 29.9 Å². The monoisotopic (exact) mass is 468 g/mol. The zero-order valence-corrected chi connectivity index (χ0v) is 19.6. The summed E-state index contributed by atoms with van der Waals surface area (Å²) < 4.78 is 12.3. The average Bonchev–Trinajstić information content (AvgIpc) is 3.34. The highest BCUT2D eigenvalue weighted by atomic mass is 16.5. The van der Waals surface area contributed by atoms with Crippen molar-refractivity contribution in [2.24, 2.45) is 5.92 Å². The Balaban J connectivity index is 1.20. The Bertz CT molecular complexity index is 1020. The van der Waals surface area contributed by atoms with E-state index in [0.717, 1.165) is 50.1 Å². The quantitative estimate of drug-likeness (QED) is 0.667. The van der Waals surface area contributed by atoms with Crippen molar-refractivity contribution in [3.63, 3.8) is 0 Å². The van der Waals surface area contributed by atoms with Gasteiger partial charge in [0.25, 0.3) is 0 Å². The van der Waals surface area contributed by atoms with Crippen molar-refractivity contribution < 1.29 is 19.1 Å². The molecular formula is C24H32N6O4. The summed E-state index contributed by atoms with van der Waals surface area (Å²) in [7, 11) is 1.62. The summed E-state index contributed by atoms with van der Waals surface area (Å²) >= 11 is 0. The minimum Gasteiger partial charge on any atom is -0.497 e. The zero-order chi connectivity index (χ0) is 23.5.